The van der Waals surface area contributed by atoms with Crippen LogP contribution < -0.4 is 10.6 Å². The molecule has 2 N–H and O–H groups in total. The number of carbonyl (C=O) groups excluding carboxylic acids is 1. The molecule has 1 fully saturated rings. The monoisotopic (exact) mass is 354 g/mol. The molecule has 1 aromatic heterocycles. The van der Waals surface area contributed by atoms with E-state index in [2.05, 4.69) is 39.7 Å². The van der Waals surface area contributed by atoms with Crippen molar-refractivity contribution in [1.82, 2.24) is 15.3 Å². The molecule has 6 heteroatoms. The molecule has 0 unspecified atom stereocenters. The van der Waals surface area contributed by atoms with E-state index >= 15 is 0 Å². The van der Waals surface area contributed by atoms with Gasteiger partial charge < -0.3 is 15.4 Å². The Morgan fingerprint density at radius 1 is 1.23 bits per heavy atom. The lowest BCUT2D eigenvalue weighted by atomic mass is 10.0. The number of hydrogen-bond acceptors (Lipinski definition) is 5. The fraction of sp³-hybridized carbons (Fsp3) is 0.450. The van der Waals surface area contributed by atoms with Crippen molar-refractivity contribution >= 4 is 11.7 Å². The number of anilines is 1. The zero-order valence-electron chi connectivity index (χ0n) is 15.4. The van der Waals surface area contributed by atoms with Crippen LogP contribution >= 0.6 is 0 Å². The van der Waals surface area contributed by atoms with Gasteiger partial charge in [0.15, 0.2) is 0 Å². The van der Waals surface area contributed by atoms with Crippen molar-refractivity contribution in [1.29, 1.82) is 0 Å². The van der Waals surface area contributed by atoms with Crippen LogP contribution in [-0.4, -0.2) is 41.2 Å². The average molecular weight is 354 g/mol. The number of carbonyl (C=O) groups is 1. The summed E-state index contributed by atoms with van der Waals surface area (Å²) in [7, 11) is 0. The summed E-state index contributed by atoms with van der Waals surface area (Å²) in [5.41, 5.74) is 2.45. The number of nitrogens with one attached hydrogen (secondary N) is 2. The van der Waals surface area contributed by atoms with E-state index in [-0.39, 0.29) is 18.0 Å². The molecule has 0 saturated carbocycles. The quantitative estimate of drug-likeness (QED) is 0.833. The first-order chi connectivity index (χ1) is 12.6. The minimum absolute atomic E-state index is 0.000427. The molecule has 3 rings (SSSR count). The minimum Gasteiger partial charge on any atom is -0.379 e. The molecule has 0 radical (unpaired) electrons. The molecule has 0 aliphatic carbocycles. The predicted molar refractivity (Wildman–Crippen MR) is 101 cm³/mol. The Labute approximate surface area is 154 Å². The molecule has 26 heavy (non-hydrogen) atoms. The van der Waals surface area contributed by atoms with E-state index in [0.717, 1.165) is 18.7 Å². The molecule has 0 bridgehead atoms. The normalized spacial score (nSPS) is 19.8. The topological polar surface area (TPSA) is 76.1 Å². The van der Waals surface area contributed by atoms with Gasteiger partial charge in [0.1, 0.15) is 11.6 Å². The van der Waals surface area contributed by atoms with Gasteiger partial charge in [-0.05, 0) is 43.9 Å². The van der Waals surface area contributed by atoms with Gasteiger partial charge in [-0.1, -0.05) is 24.3 Å². The highest BCUT2D eigenvalue weighted by Crippen LogP contribution is 2.14. The number of aromatic nitrogens is 2. The number of benzene rings is 1. The predicted octanol–water partition coefficient (Wildman–Crippen LogP) is 2.41. The summed E-state index contributed by atoms with van der Waals surface area (Å²) < 4.78 is 5.58. The molecule has 0 spiro atoms. The van der Waals surface area contributed by atoms with Gasteiger partial charge in [0.25, 0.3) is 0 Å². The lowest BCUT2D eigenvalue weighted by Crippen LogP contribution is -2.52. The van der Waals surface area contributed by atoms with Crippen molar-refractivity contribution < 1.29 is 9.53 Å². The molecule has 138 valence electrons. The van der Waals surface area contributed by atoms with Crippen LogP contribution in [0.1, 0.15) is 29.8 Å². The van der Waals surface area contributed by atoms with E-state index in [1.807, 2.05) is 25.1 Å². The highest BCUT2D eigenvalue weighted by molar-refractivity contribution is 5.76. The molecular weight excluding hydrogens is 328 g/mol. The Bertz CT molecular complexity index is 750. The number of nitrogens with zero attached hydrogens (tertiary/aromatic N) is 2. The molecule has 1 aromatic carbocycles. The first-order valence-corrected chi connectivity index (χ1v) is 9.09. The third-order valence-corrected chi connectivity index (χ3v) is 4.69. The Morgan fingerprint density at radius 2 is 2.08 bits per heavy atom. The van der Waals surface area contributed by atoms with E-state index in [1.165, 1.54) is 11.1 Å². The van der Waals surface area contributed by atoms with Crippen molar-refractivity contribution in [3.8, 4) is 0 Å². The van der Waals surface area contributed by atoms with Crippen LogP contribution in [0.15, 0.2) is 36.5 Å². The summed E-state index contributed by atoms with van der Waals surface area (Å²) in [4.78, 5) is 20.9. The number of amides is 1. The van der Waals surface area contributed by atoms with Crippen molar-refractivity contribution in [3.63, 3.8) is 0 Å². The van der Waals surface area contributed by atoms with Crippen LogP contribution in [0.4, 0.5) is 5.82 Å². The molecule has 6 nitrogen and oxygen atoms in total. The Balaban J connectivity index is 1.55. The van der Waals surface area contributed by atoms with Crippen molar-refractivity contribution in [2.24, 2.45) is 0 Å². The Morgan fingerprint density at radius 3 is 2.88 bits per heavy atom. The Hall–Kier alpha value is -2.47. The first kappa shape index (κ1) is 18.3. The van der Waals surface area contributed by atoms with Crippen LogP contribution in [0.2, 0.25) is 0 Å². The summed E-state index contributed by atoms with van der Waals surface area (Å²) in [5.74, 6) is 1.54. The highest BCUT2D eigenvalue weighted by atomic mass is 16.5. The van der Waals surface area contributed by atoms with Crippen LogP contribution in [-0.2, 0) is 16.0 Å². The largest absolute Gasteiger partial charge is 0.379 e. The summed E-state index contributed by atoms with van der Waals surface area (Å²) in [6.45, 7) is 5.14. The SMILES string of the molecule is Cc1nccc(N[C@@H]2COCC[C@@H]2NC(=O)CCc2ccccc2C)n1. The second-order valence-corrected chi connectivity index (χ2v) is 6.70. The van der Waals surface area contributed by atoms with Gasteiger partial charge in [-0.2, -0.15) is 0 Å². The fourth-order valence-electron chi connectivity index (χ4n) is 3.20. The van der Waals surface area contributed by atoms with Crippen molar-refractivity contribution in [2.75, 3.05) is 18.5 Å². The summed E-state index contributed by atoms with van der Waals surface area (Å²) in [6.07, 6.45) is 3.76. The fourth-order valence-corrected chi connectivity index (χ4v) is 3.20. The Kier molecular flexibility index (Phi) is 6.17. The van der Waals surface area contributed by atoms with Crippen LogP contribution in [0.3, 0.4) is 0 Å². The van der Waals surface area contributed by atoms with E-state index in [0.29, 0.717) is 25.5 Å². The van der Waals surface area contributed by atoms with E-state index in [4.69, 9.17) is 4.74 Å². The maximum atomic E-state index is 12.4. The number of hydrogen-bond donors (Lipinski definition) is 2. The van der Waals surface area contributed by atoms with Gasteiger partial charge in [0, 0.05) is 19.2 Å². The summed E-state index contributed by atoms with van der Waals surface area (Å²) >= 11 is 0. The zero-order chi connectivity index (χ0) is 18.4. The number of aryl methyl sites for hydroxylation is 3. The lowest BCUT2D eigenvalue weighted by Gasteiger charge is -2.33. The smallest absolute Gasteiger partial charge is 0.220 e. The maximum Gasteiger partial charge on any atom is 0.220 e. The molecule has 1 saturated heterocycles. The number of rotatable bonds is 6. The van der Waals surface area contributed by atoms with E-state index < -0.39 is 0 Å². The van der Waals surface area contributed by atoms with Crippen LogP contribution in [0.25, 0.3) is 0 Å². The van der Waals surface area contributed by atoms with Crippen molar-refractivity contribution in [3.05, 3.63) is 53.5 Å². The maximum absolute atomic E-state index is 12.4. The third-order valence-electron chi connectivity index (χ3n) is 4.69. The molecule has 2 heterocycles. The highest BCUT2D eigenvalue weighted by Gasteiger charge is 2.27. The standard InChI is InChI=1S/C20H26N4O2/c1-14-5-3-4-6-16(14)7-8-20(25)24-17-10-12-26-13-18(17)23-19-9-11-21-15(2)22-19/h3-6,9,11,17-18H,7-8,10,12-13H2,1-2H3,(H,24,25)(H,21,22,23)/t17-,18+/m0/s1. The van der Waals surface area contributed by atoms with Crippen LogP contribution in [0.5, 0.6) is 0 Å². The molecular formula is C20H26N4O2. The molecule has 2 aromatic rings. The van der Waals surface area contributed by atoms with Gasteiger partial charge in [-0.25, -0.2) is 9.97 Å². The first-order valence-electron chi connectivity index (χ1n) is 9.09. The van der Waals surface area contributed by atoms with Gasteiger partial charge >= 0.3 is 0 Å². The van der Waals surface area contributed by atoms with E-state index in [1.54, 1.807) is 6.20 Å². The van der Waals surface area contributed by atoms with Gasteiger partial charge in [0.05, 0.1) is 18.7 Å². The zero-order valence-corrected chi connectivity index (χ0v) is 15.4. The van der Waals surface area contributed by atoms with Gasteiger partial charge in [0.2, 0.25) is 5.91 Å². The number of ether oxygens (including phenoxy) is 1. The summed E-state index contributed by atoms with van der Waals surface area (Å²) in [6, 6.07) is 10.1. The molecule has 1 amide bonds. The molecule has 2 atom stereocenters. The third kappa shape index (κ3) is 5.02. The summed E-state index contributed by atoms with van der Waals surface area (Å²) in [5, 5.41) is 6.54. The van der Waals surface area contributed by atoms with Crippen molar-refractivity contribution in [2.45, 2.75) is 45.2 Å². The molecule has 1 aliphatic heterocycles. The lowest BCUT2D eigenvalue weighted by molar-refractivity contribution is -0.122. The minimum atomic E-state index is 0.000427. The van der Waals surface area contributed by atoms with Crippen LogP contribution in [0, 0.1) is 13.8 Å². The second-order valence-electron chi connectivity index (χ2n) is 6.70. The van der Waals surface area contributed by atoms with Gasteiger partial charge in [-0.3, -0.25) is 4.79 Å². The average Bonchev–Trinajstić information content (AvgIpc) is 2.63. The van der Waals surface area contributed by atoms with E-state index in [9.17, 15) is 4.79 Å². The molecule has 1 aliphatic rings. The second kappa shape index (κ2) is 8.76. The van der Waals surface area contributed by atoms with Gasteiger partial charge in [-0.15, -0.1) is 0 Å².